The Morgan fingerprint density at radius 1 is 1.50 bits per heavy atom. The number of alkyl carbamates (subject to hydrolysis) is 1. The Labute approximate surface area is 111 Å². The molecule has 1 rings (SSSR count). The molecular formula is C11H18N2O4S. The first-order chi connectivity index (χ1) is 8.31. The van der Waals surface area contributed by atoms with Crippen LogP contribution in [0.25, 0.3) is 0 Å². The smallest absolute Gasteiger partial charge is 0.407 e. The van der Waals surface area contributed by atoms with E-state index in [-0.39, 0.29) is 12.5 Å². The van der Waals surface area contributed by atoms with Gasteiger partial charge in [0, 0.05) is 5.75 Å². The molecule has 0 saturated heterocycles. The molecule has 6 nitrogen and oxygen atoms in total. The molecule has 7 heteroatoms. The quantitative estimate of drug-likeness (QED) is 0.782. The maximum absolute atomic E-state index is 11.4. The second-order valence-corrected chi connectivity index (χ2v) is 5.82. The number of rotatable bonds is 3. The molecule has 0 unspecified atom stereocenters. The summed E-state index contributed by atoms with van der Waals surface area (Å²) in [4.78, 5) is 26.8. The molecule has 0 spiro atoms. The van der Waals surface area contributed by atoms with Crippen molar-refractivity contribution in [1.29, 1.82) is 0 Å². The number of hydrogen-bond donors (Lipinski definition) is 1. The van der Waals surface area contributed by atoms with Gasteiger partial charge in [-0.3, -0.25) is 4.99 Å². The van der Waals surface area contributed by atoms with Crippen LogP contribution >= 0.6 is 11.8 Å². The maximum atomic E-state index is 11.4. The molecular weight excluding hydrogens is 256 g/mol. The summed E-state index contributed by atoms with van der Waals surface area (Å²) in [6, 6.07) is -0.463. The molecule has 0 aromatic rings. The SMILES string of the molecule is COC(=O)[C@@H]1CSC(CNC(=O)OC(C)(C)C)=N1. The van der Waals surface area contributed by atoms with Crippen LogP contribution in [0.5, 0.6) is 0 Å². The van der Waals surface area contributed by atoms with Gasteiger partial charge in [0.05, 0.1) is 18.7 Å². The van der Waals surface area contributed by atoms with Gasteiger partial charge in [0.25, 0.3) is 0 Å². The van der Waals surface area contributed by atoms with Crippen LogP contribution in [0.15, 0.2) is 4.99 Å². The molecule has 0 aliphatic carbocycles. The van der Waals surface area contributed by atoms with Crippen LogP contribution in [-0.4, -0.2) is 48.2 Å². The van der Waals surface area contributed by atoms with E-state index in [9.17, 15) is 9.59 Å². The van der Waals surface area contributed by atoms with Crippen LogP contribution < -0.4 is 5.32 Å². The Kier molecular flexibility index (Phi) is 5.01. The number of methoxy groups -OCH3 is 1. The molecule has 0 saturated carbocycles. The lowest BCUT2D eigenvalue weighted by Crippen LogP contribution is -2.34. The van der Waals surface area contributed by atoms with Crippen molar-refractivity contribution in [3.63, 3.8) is 0 Å². The largest absolute Gasteiger partial charge is 0.467 e. The van der Waals surface area contributed by atoms with Crippen molar-refractivity contribution in [2.24, 2.45) is 4.99 Å². The van der Waals surface area contributed by atoms with Crippen molar-refractivity contribution in [2.45, 2.75) is 32.4 Å². The normalized spacial score (nSPS) is 19.1. The van der Waals surface area contributed by atoms with E-state index in [0.717, 1.165) is 0 Å². The predicted molar refractivity (Wildman–Crippen MR) is 69.9 cm³/mol. The second kappa shape index (κ2) is 6.08. The third-order valence-electron chi connectivity index (χ3n) is 1.96. The highest BCUT2D eigenvalue weighted by Crippen LogP contribution is 2.18. The monoisotopic (exact) mass is 274 g/mol. The number of aliphatic imine (C=N–C) groups is 1. The average molecular weight is 274 g/mol. The van der Waals surface area contributed by atoms with E-state index in [2.05, 4.69) is 15.0 Å². The summed E-state index contributed by atoms with van der Waals surface area (Å²) in [6.07, 6.45) is -0.493. The van der Waals surface area contributed by atoms with Crippen LogP contribution in [0.1, 0.15) is 20.8 Å². The summed E-state index contributed by atoms with van der Waals surface area (Å²) in [5.41, 5.74) is -0.525. The number of nitrogens with one attached hydrogen (secondary N) is 1. The minimum atomic E-state index is -0.525. The molecule has 1 N–H and O–H groups in total. The van der Waals surface area contributed by atoms with Crippen molar-refractivity contribution in [3.05, 3.63) is 0 Å². The van der Waals surface area contributed by atoms with Gasteiger partial charge in [-0.15, -0.1) is 11.8 Å². The van der Waals surface area contributed by atoms with Gasteiger partial charge in [0.15, 0.2) is 6.04 Å². The molecule has 0 bridgehead atoms. The van der Waals surface area contributed by atoms with Crippen molar-refractivity contribution in [1.82, 2.24) is 5.32 Å². The van der Waals surface area contributed by atoms with E-state index in [1.165, 1.54) is 18.9 Å². The van der Waals surface area contributed by atoms with E-state index in [4.69, 9.17) is 4.74 Å². The molecule has 1 aliphatic heterocycles. The summed E-state index contributed by atoms with van der Waals surface area (Å²) in [5.74, 6) is 0.202. The molecule has 0 aromatic heterocycles. The van der Waals surface area contributed by atoms with Crippen LogP contribution in [0, 0.1) is 0 Å². The second-order valence-electron chi connectivity index (χ2n) is 4.73. The Morgan fingerprint density at radius 2 is 2.17 bits per heavy atom. The number of thioether (sulfide) groups is 1. The maximum Gasteiger partial charge on any atom is 0.407 e. The summed E-state index contributed by atoms with van der Waals surface area (Å²) < 4.78 is 9.69. The molecule has 1 aliphatic rings. The fourth-order valence-electron chi connectivity index (χ4n) is 1.24. The van der Waals surface area contributed by atoms with Crippen LogP contribution in [0.3, 0.4) is 0 Å². The molecule has 102 valence electrons. The average Bonchev–Trinajstić information content (AvgIpc) is 2.71. The highest BCUT2D eigenvalue weighted by Gasteiger charge is 2.26. The Morgan fingerprint density at radius 3 is 2.72 bits per heavy atom. The minimum absolute atomic E-state index is 0.271. The lowest BCUT2D eigenvalue weighted by atomic mass is 10.2. The topological polar surface area (TPSA) is 77.0 Å². The number of ether oxygens (including phenoxy) is 2. The van der Waals surface area contributed by atoms with Crippen molar-refractivity contribution in [3.8, 4) is 0 Å². The molecule has 18 heavy (non-hydrogen) atoms. The minimum Gasteiger partial charge on any atom is -0.467 e. The molecule has 1 atom stereocenters. The van der Waals surface area contributed by atoms with E-state index in [1.54, 1.807) is 20.8 Å². The first-order valence-electron chi connectivity index (χ1n) is 5.56. The molecule has 1 heterocycles. The number of carbonyl (C=O) groups is 2. The van der Waals surface area contributed by atoms with Crippen molar-refractivity contribution in [2.75, 3.05) is 19.4 Å². The summed E-state index contributed by atoms with van der Waals surface area (Å²) in [7, 11) is 1.33. The zero-order valence-electron chi connectivity index (χ0n) is 11.0. The number of nitrogens with zero attached hydrogens (tertiary/aromatic N) is 1. The predicted octanol–water partition coefficient (Wildman–Crippen LogP) is 1.20. The first kappa shape index (κ1) is 14.8. The van der Waals surface area contributed by atoms with Gasteiger partial charge in [0.1, 0.15) is 5.60 Å². The highest BCUT2D eigenvalue weighted by molar-refractivity contribution is 8.14. The van der Waals surface area contributed by atoms with Crippen LogP contribution in [0.2, 0.25) is 0 Å². The number of esters is 1. The molecule has 0 fully saturated rings. The number of carbonyl (C=O) groups excluding carboxylic acids is 2. The molecule has 0 aromatic carbocycles. The zero-order valence-corrected chi connectivity index (χ0v) is 11.8. The van der Waals surface area contributed by atoms with Crippen LogP contribution in [0.4, 0.5) is 4.79 Å². The third kappa shape index (κ3) is 4.95. The van der Waals surface area contributed by atoms with E-state index in [0.29, 0.717) is 10.8 Å². The first-order valence-corrected chi connectivity index (χ1v) is 6.54. The summed E-state index contributed by atoms with van der Waals surface area (Å²) in [6.45, 7) is 5.65. The zero-order chi connectivity index (χ0) is 13.8. The van der Waals surface area contributed by atoms with E-state index < -0.39 is 17.7 Å². The highest BCUT2D eigenvalue weighted by atomic mass is 32.2. The third-order valence-corrected chi connectivity index (χ3v) is 3.03. The fourth-order valence-corrected chi connectivity index (χ4v) is 2.18. The Hall–Kier alpha value is -1.24. The molecule has 1 amide bonds. The van der Waals surface area contributed by atoms with Gasteiger partial charge >= 0.3 is 12.1 Å². The van der Waals surface area contributed by atoms with E-state index in [1.807, 2.05) is 0 Å². The Bertz CT molecular complexity index is 363. The van der Waals surface area contributed by atoms with Crippen molar-refractivity contribution < 1.29 is 19.1 Å². The summed E-state index contributed by atoms with van der Waals surface area (Å²) in [5, 5.41) is 3.30. The standard InChI is InChI=1S/C11H18N2O4S/c1-11(2,3)17-10(15)12-5-8-13-7(6-18-8)9(14)16-4/h7H,5-6H2,1-4H3,(H,12,15)/t7-/m0/s1. The van der Waals surface area contributed by atoms with Gasteiger partial charge < -0.3 is 14.8 Å². The van der Waals surface area contributed by atoms with Gasteiger partial charge in [0.2, 0.25) is 0 Å². The van der Waals surface area contributed by atoms with E-state index >= 15 is 0 Å². The molecule has 0 radical (unpaired) electrons. The number of amides is 1. The lowest BCUT2D eigenvalue weighted by molar-refractivity contribution is -0.141. The van der Waals surface area contributed by atoms with Crippen molar-refractivity contribution >= 4 is 28.9 Å². The van der Waals surface area contributed by atoms with Crippen LogP contribution in [-0.2, 0) is 14.3 Å². The van der Waals surface area contributed by atoms with Gasteiger partial charge in [-0.2, -0.15) is 0 Å². The van der Waals surface area contributed by atoms with Gasteiger partial charge in [-0.25, -0.2) is 9.59 Å². The summed E-state index contributed by atoms with van der Waals surface area (Å²) >= 11 is 1.43. The number of hydrogen-bond acceptors (Lipinski definition) is 6. The van der Waals surface area contributed by atoms with Gasteiger partial charge in [-0.05, 0) is 20.8 Å². The van der Waals surface area contributed by atoms with Gasteiger partial charge in [-0.1, -0.05) is 0 Å². The fraction of sp³-hybridized carbons (Fsp3) is 0.727. The lowest BCUT2D eigenvalue weighted by Gasteiger charge is -2.19. The Balaban J connectivity index is 2.37.